The number of ketones is 1. The van der Waals surface area contributed by atoms with Gasteiger partial charge in [0.15, 0.2) is 5.78 Å². The lowest BCUT2D eigenvalue weighted by atomic mass is 10.1. The first-order chi connectivity index (χ1) is 6.27. The number of fused-ring (bicyclic) bond motifs is 1. The summed E-state index contributed by atoms with van der Waals surface area (Å²) in [4.78, 5) is 11.1. The monoisotopic (exact) mass is 186 g/mol. The Hall–Kier alpha value is -1.63. The van der Waals surface area contributed by atoms with Crippen molar-refractivity contribution in [2.75, 3.05) is 0 Å². The summed E-state index contributed by atoms with van der Waals surface area (Å²) in [5.41, 5.74) is 0.777. The fourth-order valence-corrected chi connectivity index (χ4v) is 1.41. The van der Waals surface area contributed by atoms with Gasteiger partial charge in [-0.1, -0.05) is 43.8 Å². The third-order valence-electron chi connectivity index (χ3n) is 2.16. The van der Waals surface area contributed by atoms with Crippen LogP contribution in [0.5, 0.6) is 0 Å². The van der Waals surface area contributed by atoms with Crippen molar-refractivity contribution in [3.05, 3.63) is 48.0 Å². The summed E-state index contributed by atoms with van der Waals surface area (Å²) in [6, 6.07) is 13.8. The molecule has 0 N–H and O–H groups in total. The molecular weight excluding hydrogens is 172 g/mol. The summed E-state index contributed by atoms with van der Waals surface area (Å²) in [5, 5.41) is 2.29. The van der Waals surface area contributed by atoms with E-state index in [2.05, 4.69) is 0 Å². The Morgan fingerprint density at radius 3 is 2.29 bits per heavy atom. The van der Waals surface area contributed by atoms with Crippen LogP contribution in [0.4, 0.5) is 0 Å². The highest BCUT2D eigenvalue weighted by molar-refractivity contribution is 5.98. The van der Waals surface area contributed by atoms with Crippen molar-refractivity contribution in [2.45, 2.75) is 14.4 Å². The Morgan fingerprint density at radius 1 is 1.00 bits per heavy atom. The molecule has 0 amide bonds. The van der Waals surface area contributed by atoms with Crippen LogP contribution in [0.3, 0.4) is 0 Å². The second-order valence-corrected chi connectivity index (χ2v) is 3.12. The minimum atomic E-state index is 0. The highest BCUT2D eigenvalue weighted by Gasteiger charge is 1.99. The van der Waals surface area contributed by atoms with Gasteiger partial charge in [-0.25, -0.2) is 0 Å². The summed E-state index contributed by atoms with van der Waals surface area (Å²) in [6.45, 7) is 1.59. The highest BCUT2D eigenvalue weighted by atomic mass is 16.1. The van der Waals surface area contributed by atoms with Gasteiger partial charge < -0.3 is 0 Å². The molecule has 2 aromatic carbocycles. The molecule has 1 nitrogen and oxygen atoms in total. The minimum Gasteiger partial charge on any atom is -0.295 e. The summed E-state index contributed by atoms with van der Waals surface area (Å²) in [7, 11) is 0. The third-order valence-corrected chi connectivity index (χ3v) is 2.16. The molecule has 0 bridgehead atoms. The van der Waals surface area contributed by atoms with E-state index < -0.39 is 0 Å². The molecule has 0 aliphatic carbocycles. The van der Waals surface area contributed by atoms with E-state index in [9.17, 15) is 4.79 Å². The van der Waals surface area contributed by atoms with E-state index in [1.807, 2.05) is 42.5 Å². The fraction of sp³-hybridized carbons (Fsp3) is 0.154. The van der Waals surface area contributed by atoms with Crippen LogP contribution in [0.2, 0.25) is 0 Å². The minimum absolute atomic E-state index is 0. The number of rotatable bonds is 1. The summed E-state index contributed by atoms with van der Waals surface area (Å²) >= 11 is 0. The number of hydrogen-bond donors (Lipinski definition) is 0. The highest BCUT2D eigenvalue weighted by Crippen LogP contribution is 2.15. The van der Waals surface area contributed by atoms with E-state index in [1.54, 1.807) is 6.92 Å². The molecule has 72 valence electrons. The summed E-state index contributed by atoms with van der Waals surface area (Å²) < 4.78 is 0. The normalized spacial score (nSPS) is 9.50. The molecule has 0 saturated heterocycles. The Morgan fingerprint density at radius 2 is 1.64 bits per heavy atom. The molecule has 2 aromatic rings. The maximum absolute atomic E-state index is 11.1. The van der Waals surface area contributed by atoms with Crippen molar-refractivity contribution in [2.24, 2.45) is 0 Å². The zero-order valence-electron chi connectivity index (χ0n) is 7.45. The van der Waals surface area contributed by atoms with Crippen LogP contribution in [-0.2, 0) is 0 Å². The van der Waals surface area contributed by atoms with Crippen LogP contribution in [-0.4, -0.2) is 5.78 Å². The van der Waals surface area contributed by atoms with Crippen molar-refractivity contribution < 1.29 is 4.79 Å². The summed E-state index contributed by atoms with van der Waals surface area (Å²) in [5.74, 6) is 0.116. The predicted octanol–water partition coefficient (Wildman–Crippen LogP) is 3.68. The number of carbonyl (C=O) groups is 1. The SMILES string of the molecule is C.CC(=O)c1ccc2ccccc2c1. The Balaban J connectivity index is 0.000000980. The van der Waals surface area contributed by atoms with E-state index in [0.717, 1.165) is 10.9 Å². The van der Waals surface area contributed by atoms with Gasteiger partial charge >= 0.3 is 0 Å². The van der Waals surface area contributed by atoms with Gasteiger partial charge in [0.25, 0.3) is 0 Å². The van der Waals surface area contributed by atoms with Crippen LogP contribution >= 0.6 is 0 Å². The summed E-state index contributed by atoms with van der Waals surface area (Å²) in [6.07, 6.45) is 0. The second kappa shape index (κ2) is 4.05. The van der Waals surface area contributed by atoms with E-state index in [4.69, 9.17) is 0 Å². The number of Topliss-reactive ketones (excluding diaryl/α,β-unsaturated/α-hetero) is 1. The molecule has 0 atom stereocenters. The lowest BCUT2D eigenvalue weighted by molar-refractivity contribution is 0.101. The number of benzene rings is 2. The molecule has 0 heterocycles. The first kappa shape index (κ1) is 10.5. The van der Waals surface area contributed by atoms with Gasteiger partial charge in [0.2, 0.25) is 0 Å². The zero-order valence-corrected chi connectivity index (χ0v) is 7.45. The number of hydrogen-bond acceptors (Lipinski definition) is 1. The quantitative estimate of drug-likeness (QED) is 0.621. The molecule has 0 aliphatic heterocycles. The molecule has 14 heavy (non-hydrogen) atoms. The van der Waals surface area contributed by atoms with Crippen LogP contribution in [0.15, 0.2) is 42.5 Å². The van der Waals surface area contributed by atoms with Gasteiger partial charge in [-0.15, -0.1) is 0 Å². The van der Waals surface area contributed by atoms with Crippen molar-refractivity contribution >= 4 is 16.6 Å². The van der Waals surface area contributed by atoms with Crippen LogP contribution in [0.25, 0.3) is 10.8 Å². The Labute approximate surface area is 84.4 Å². The molecule has 0 saturated carbocycles. The van der Waals surface area contributed by atoms with Gasteiger partial charge in [-0.2, -0.15) is 0 Å². The smallest absolute Gasteiger partial charge is 0.159 e. The van der Waals surface area contributed by atoms with Crippen LogP contribution < -0.4 is 0 Å². The average molecular weight is 186 g/mol. The average Bonchev–Trinajstić information content (AvgIpc) is 2.17. The van der Waals surface area contributed by atoms with Crippen LogP contribution in [0, 0.1) is 0 Å². The van der Waals surface area contributed by atoms with Crippen molar-refractivity contribution in [3.63, 3.8) is 0 Å². The van der Waals surface area contributed by atoms with E-state index in [-0.39, 0.29) is 13.2 Å². The third kappa shape index (κ3) is 1.82. The second-order valence-electron chi connectivity index (χ2n) is 3.12. The molecule has 0 spiro atoms. The maximum atomic E-state index is 11.1. The maximum Gasteiger partial charge on any atom is 0.159 e. The lowest BCUT2D eigenvalue weighted by Gasteiger charge is -1.99. The Kier molecular flexibility index (Phi) is 3.03. The molecular formula is C13H14O. The molecule has 0 aliphatic rings. The predicted molar refractivity (Wildman–Crippen MR) is 60.7 cm³/mol. The molecule has 0 aromatic heterocycles. The van der Waals surface area contributed by atoms with E-state index in [0.29, 0.717) is 0 Å². The van der Waals surface area contributed by atoms with Crippen molar-refractivity contribution in [3.8, 4) is 0 Å². The largest absolute Gasteiger partial charge is 0.295 e. The van der Waals surface area contributed by atoms with Crippen molar-refractivity contribution in [1.29, 1.82) is 0 Å². The van der Waals surface area contributed by atoms with Gasteiger partial charge in [-0.3, -0.25) is 4.79 Å². The molecule has 2 rings (SSSR count). The Bertz CT molecular complexity index is 457. The molecule has 1 heteroatoms. The van der Waals surface area contributed by atoms with E-state index >= 15 is 0 Å². The molecule has 0 unspecified atom stereocenters. The van der Waals surface area contributed by atoms with Gasteiger partial charge in [0.1, 0.15) is 0 Å². The van der Waals surface area contributed by atoms with Crippen molar-refractivity contribution in [1.82, 2.24) is 0 Å². The topological polar surface area (TPSA) is 17.1 Å². The first-order valence-electron chi connectivity index (χ1n) is 4.27. The van der Waals surface area contributed by atoms with E-state index in [1.165, 1.54) is 5.39 Å². The van der Waals surface area contributed by atoms with Gasteiger partial charge in [0, 0.05) is 5.56 Å². The van der Waals surface area contributed by atoms with Crippen LogP contribution in [0.1, 0.15) is 24.7 Å². The van der Waals surface area contributed by atoms with Gasteiger partial charge in [-0.05, 0) is 23.8 Å². The molecule has 0 radical (unpaired) electrons. The molecule has 0 fully saturated rings. The first-order valence-corrected chi connectivity index (χ1v) is 4.27. The fourth-order valence-electron chi connectivity index (χ4n) is 1.41. The number of carbonyl (C=O) groups excluding carboxylic acids is 1. The zero-order chi connectivity index (χ0) is 9.26. The lowest BCUT2D eigenvalue weighted by Crippen LogP contribution is -1.90. The van der Waals surface area contributed by atoms with Gasteiger partial charge in [0.05, 0.1) is 0 Å². The standard InChI is InChI=1S/C12H10O.CH4/c1-9(13)11-7-6-10-4-2-3-5-12(10)8-11;/h2-8H,1H3;1H4.